The van der Waals surface area contributed by atoms with Crippen LogP contribution in [0.15, 0.2) is 59.5 Å². The van der Waals surface area contributed by atoms with Gasteiger partial charge in [-0.05, 0) is 61.7 Å². The summed E-state index contributed by atoms with van der Waals surface area (Å²) < 4.78 is 34.7. The maximum Gasteiger partial charge on any atom is 0.273 e. The van der Waals surface area contributed by atoms with E-state index in [4.69, 9.17) is 39.5 Å². The molecule has 0 aromatic heterocycles. The number of sulfonamides is 1. The summed E-state index contributed by atoms with van der Waals surface area (Å²) >= 11 is 18.6. The smallest absolute Gasteiger partial charge is 0.273 e. The summed E-state index contributed by atoms with van der Waals surface area (Å²) in [5.74, 6) is -1.08. The number of nitro benzene ring substituents is 1. The molecule has 0 heterocycles. The van der Waals surface area contributed by atoms with Crippen LogP contribution < -0.4 is 14.4 Å². The van der Waals surface area contributed by atoms with E-state index in [0.717, 1.165) is 23.2 Å². The number of ether oxygens (including phenoxy) is 1. The second kappa shape index (κ2) is 16.3. The average Bonchev–Trinajstić information content (AvgIpc) is 3.01. The number of benzene rings is 3. The van der Waals surface area contributed by atoms with E-state index in [1.165, 1.54) is 49.3 Å². The van der Waals surface area contributed by atoms with Crippen molar-refractivity contribution in [1.29, 1.82) is 0 Å². The summed E-state index contributed by atoms with van der Waals surface area (Å²) in [6, 6.07) is 11.5. The molecule has 1 atom stereocenters. The minimum absolute atomic E-state index is 0.0720. The van der Waals surface area contributed by atoms with E-state index in [1.54, 1.807) is 25.1 Å². The van der Waals surface area contributed by atoms with Crippen LogP contribution >= 0.6 is 34.8 Å². The van der Waals surface area contributed by atoms with Crippen LogP contribution in [0.25, 0.3) is 0 Å². The summed E-state index contributed by atoms with van der Waals surface area (Å²) in [6.45, 7) is 4.68. The van der Waals surface area contributed by atoms with Gasteiger partial charge < -0.3 is 15.0 Å². The predicted octanol–water partition coefficient (Wildman–Crippen LogP) is 6.79. The number of methoxy groups -OCH3 is 1. The number of aryl methyl sites for hydroxylation is 1. The Morgan fingerprint density at radius 2 is 1.74 bits per heavy atom. The zero-order valence-corrected chi connectivity index (χ0v) is 28.8. The number of anilines is 1. The Morgan fingerprint density at radius 3 is 2.35 bits per heavy atom. The van der Waals surface area contributed by atoms with Crippen molar-refractivity contribution in [3.8, 4) is 5.75 Å². The monoisotopic (exact) mass is 712 g/mol. The molecule has 0 radical (unpaired) electrons. The fraction of sp³-hybridized carbons (Fsp3) is 0.355. The van der Waals surface area contributed by atoms with Gasteiger partial charge in [-0.3, -0.25) is 24.0 Å². The maximum atomic E-state index is 14.3. The molecule has 0 saturated carbocycles. The van der Waals surface area contributed by atoms with Gasteiger partial charge in [0, 0.05) is 29.7 Å². The van der Waals surface area contributed by atoms with Gasteiger partial charge in [0.1, 0.15) is 18.3 Å². The number of hydrogen-bond donors (Lipinski definition) is 1. The van der Waals surface area contributed by atoms with Crippen LogP contribution in [0.3, 0.4) is 0 Å². The van der Waals surface area contributed by atoms with Crippen LogP contribution in [-0.2, 0) is 26.2 Å². The Balaban J connectivity index is 2.18. The Hall–Kier alpha value is -3.58. The van der Waals surface area contributed by atoms with E-state index < -0.39 is 49.9 Å². The van der Waals surface area contributed by atoms with Crippen molar-refractivity contribution in [2.45, 2.75) is 57.5 Å². The van der Waals surface area contributed by atoms with Gasteiger partial charge in [-0.1, -0.05) is 67.2 Å². The summed E-state index contributed by atoms with van der Waals surface area (Å²) in [5.41, 5.74) is 0.300. The van der Waals surface area contributed by atoms with E-state index in [1.807, 2.05) is 6.92 Å². The molecule has 3 aromatic carbocycles. The molecule has 0 unspecified atom stereocenters. The molecule has 0 aliphatic carbocycles. The topological polar surface area (TPSA) is 139 Å². The number of unbranched alkanes of at least 4 members (excludes halogenated alkanes) is 1. The highest BCUT2D eigenvalue weighted by Gasteiger charge is 2.35. The van der Waals surface area contributed by atoms with Gasteiger partial charge in [-0.15, -0.1) is 0 Å². The van der Waals surface area contributed by atoms with Gasteiger partial charge in [-0.25, -0.2) is 8.42 Å². The van der Waals surface area contributed by atoms with Gasteiger partial charge in [0.25, 0.3) is 15.7 Å². The van der Waals surface area contributed by atoms with Crippen LogP contribution in [0, 0.1) is 17.0 Å². The van der Waals surface area contributed by atoms with E-state index in [0.29, 0.717) is 17.1 Å². The lowest BCUT2D eigenvalue weighted by molar-refractivity contribution is -0.385. The number of hydrogen-bond acceptors (Lipinski definition) is 7. The van der Waals surface area contributed by atoms with Crippen molar-refractivity contribution in [1.82, 2.24) is 10.2 Å². The SMILES string of the molecule is CCCCNC(=O)[C@H](CC)N(Cc1ccc(Cl)c(Cl)c1)C(=O)CN(c1cc(Cl)ccc1OC)S(=O)(=O)c1ccc(C)c([N+](=O)[O-])c1. The van der Waals surface area contributed by atoms with Crippen LogP contribution in [0.1, 0.15) is 44.2 Å². The third kappa shape index (κ3) is 8.81. The Morgan fingerprint density at radius 1 is 1.02 bits per heavy atom. The number of halogens is 3. The lowest BCUT2D eigenvalue weighted by atomic mass is 10.1. The highest BCUT2D eigenvalue weighted by atomic mass is 35.5. The number of carbonyl (C=O) groups excluding carboxylic acids is 2. The Kier molecular flexibility index (Phi) is 13.1. The minimum atomic E-state index is -4.66. The zero-order chi connectivity index (χ0) is 34.2. The van der Waals surface area contributed by atoms with Crippen molar-refractivity contribution in [2.24, 2.45) is 0 Å². The molecule has 0 fully saturated rings. The Labute approximate surface area is 283 Å². The van der Waals surface area contributed by atoms with Crippen LogP contribution in [0.2, 0.25) is 15.1 Å². The van der Waals surface area contributed by atoms with Crippen molar-refractivity contribution >= 4 is 68.0 Å². The van der Waals surface area contributed by atoms with Gasteiger partial charge >= 0.3 is 0 Å². The normalized spacial score (nSPS) is 11.9. The van der Waals surface area contributed by atoms with Gasteiger partial charge in [-0.2, -0.15) is 0 Å². The van der Waals surface area contributed by atoms with E-state index in [2.05, 4.69) is 5.32 Å². The first-order chi connectivity index (χ1) is 21.7. The molecule has 46 heavy (non-hydrogen) atoms. The van der Waals surface area contributed by atoms with E-state index >= 15 is 0 Å². The molecule has 248 valence electrons. The second-order valence-electron chi connectivity index (χ2n) is 10.4. The number of rotatable bonds is 15. The summed E-state index contributed by atoms with van der Waals surface area (Å²) in [7, 11) is -3.34. The van der Waals surface area contributed by atoms with Crippen LogP contribution in [0.4, 0.5) is 11.4 Å². The molecule has 0 bridgehead atoms. The van der Waals surface area contributed by atoms with Gasteiger partial charge in [0.2, 0.25) is 11.8 Å². The zero-order valence-electron chi connectivity index (χ0n) is 25.8. The number of nitrogens with zero attached hydrogens (tertiary/aromatic N) is 3. The van der Waals surface area contributed by atoms with Crippen LogP contribution in [-0.4, -0.2) is 56.3 Å². The number of nitrogens with one attached hydrogen (secondary N) is 1. The number of nitro groups is 1. The fourth-order valence-electron chi connectivity index (χ4n) is 4.71. The first-order valence-corrected chi connectivity index (χ1v) is 16.9. The molecule has 15 heteroatoms. The predicted molar refractivity (Wildman–Crippen MR) is 179 cm³/mol. The molecular formula is C31H35Cl3N4O7S. The molecule has 3 aromatic rings. The first-order valence-electron chi connectivity index (χ1n) is 14.4. The molecule has 11 nitrogen and oxygen atoms in total. The van der Waals surface area contributed by atoms with Crippen LogP contribution in [0.5, 0.6) is 5.75 Å². The lowest BCUT2D eigenvalue weighted by Crippen LogP contribution is -2.52. The Bertz CT molecular complexity index is 1710. The molecule has 0 aliphatic heterocycles. The average molecular weight is 714 g/mol. The molecule has 1 N–H and O–H groups in total. The number of carbonyl (C=O) groups is 2. The fourth-order valence-corrected chi connectivity index (χ4v) is 6.63. The first kappa shape index (κ1) is 36.9. The highest BCUT2D eigenvalue weighted by molar-refractivity contribution is 7.92. The summed E-state index contributed by atoms with van der Waals surface area (Å²) in [5, 5.41) is 15.2. The number of amides is 2. The molecule has 2 amide bonds. The molecule has 3 rings (SSSR count). The summed E-state index contributed by atoms with van der Waals surface area (Å²) in [4.78, 5) is 39.5. The summed E-state index contributed by atoms with van der Waals surface area (Å²) in [6.07, 6.45) is 1.78. The standard InChI is InChI=1S/C31H35Cl3N4O7S/c1-5-7-14-35-31(40)26(6-2)36(18-21-9-12-24(33)25(34)15-21)30(39)19-37(28-16-22(32)10-13-29(28)45-4)46(43,44)23-11-8-20(3)27(17-23)38(41)42/h8-13,15-17,26H,5-7,14,18-19H2,1-4H3,(H,35,40)/t26-/m0/s1. The van der Waals surface area contributed by atoms with E-state index in [9.17, 15) is 28.1 Å². The molecular weight excluding hydrogens is 679 g/mol. The molecule has 0 aliphatic rings. The second-order valence-corrected chi connectivity index (χ2v) is 13.5. The third-order valence-corrected chi connectivity index (χ3v) is 9.94. The third-order valence-electron chi connectivity index (χ3n) is 7.21. The minimum Gasteiger partial charge on any atom is -0.495 e. The van der Waals surface area contributed by atoms with Crippen molar-refractivity contribution in [3.05, 3.63) is 90.9 Å². The molecule has 0 spiro atoms. The quantitative estimate of drug-likeness (QED) is 0.104. The maximum absolute atomic E-state index is 14.3. The largest absolute Gasteiger partial charge is 0.495 e. The van der Waals surface area contributed by atoms with Crippen molar-refractivity contribution in [3.63, 3.8) is 0 Å². The van der Waals surface area contributed by atoms with Gasteiger partial charge in [0.05, 0.1) is 32.7 Å². The van der Waals surface area contributed by atoms with Crippen molar-refractivity contribution in [2.75, 3.05) is 24.5 Å². The highest BCUT2D eigenvalue weighted by Crippen LogP contribution is 2.36. The van der Waals surface area contributed by atoms with Gasteiger partial charge in [0.15, 0.2) is 0 Å². The molecule has 0 saturated heterocycles. The lowest BCUT2D eigenvalue weighted by Gasteiger charge is -2.33. The van der Waals surface area contributed by atoms with E-state index in [-0.39, 0.29) is 40.0 Å². The van der Waals surface area contributed by atoms with Crippen molar-refractivity contribution < 1.29 is 27.7 Å².